The molecule has 1 amide bonds. The van der Waals surface area contributed by atoms with Crippen LogP contribution in [-0.4, -0.2) is 45.6 Å². The fourth-order valence-electron chi connectivity index (χ4n) is 1.57. The molecule has 1 aliphatic heterocycles. The van der Waals surface area contributed by atoms with Crippen molar-refractivity contribution in [2.75, 3.05) is 18.8 Å². The standard InChI is InChI=1S/C11H21NO2S/c1-9(2)15-8-10(13)12-6-4-11(3,14)5-7-12/h9,14H,4-8H2,1-3H3. The molecule has 88 valence electrons. The lowest BCUT2D eigenvalue weighted by Crippen LogP contribution is -2.45. The molecule has 0 aliphatic carbocycles. The molecule has 0 spiro atoms. The van der Waals surface area contributed by atoms with Crippen LogP contribution in [0.2, 0.25) is 0 Å². The third-order valence-electron chi connectivity index (χ3n) is 2.73. The molecule has 0 bridgehead atoms. The van der Waals surface area contributed by atoms with Crippen molar-refractivity contribution >= 4 is 17.7 Å². The Hall–Kier alpha value is -0.220. The van der Waals surface area contributed by atoms with Crippen molar-refractivity contribution in [1.29, 1.82) is 0 Å². The third kappa shape index (κ3) is 4.43. The summed E-state index contributed by atoms with van der Waals surface area (Å²) in [7, 11) is 0. The van der Waals surface area contributed by atoms with Crippen molar-refractivity contribution in [3.63, 3.8) is 0 Å². The number of hydrogen-bond acceptors (Lipinski definition) is 3. The Balaban J connectivity index is 2.30. The monoisotopic (exact) mass is 231 g/mol. The molecular formula is C11H21NO2S. The predicted molar refractivity (Wildman–Crippen MR) is 64.0 cm³/mol. The van der Waals surface area contributed by atoms with Crippen LogP contribution >= 0.6 is 11.8 Å². The van der Waals surface area contributed by atoms with Gasteiger partial charge in [0.15, 0.2) is 0 Å². The normalized spacial score (nSPS) is 20.7. The van der Waals surface area contributed by atoms with E-state index in [2.05, 4.69) is 13.8 Å². The largest absolute Gasteiger partial charge is 0.390 e. The lowest BCUT2D eigenvalue weighted by molar-refractivity contribution is -0.132. The minimum absolute atomic E-state index is 0.212. The quantitative estimate of drug-likeness (QED) is 0.800. The van der Waals surface area contributed by atoms with Crippen LogP contribution in [-0.2, 0) is 4.79 Å². The van der Waals surface area contributed by atoms with E-state index in [0.717, 1.165) is 0 Å². The minimum Gasteiger partial charge on any atom is -0.390 e. The van der Waals surface area contributed by atoms with Gasteiger partial charge in [-0.3, -0.25) is 4.79 Å². The highest BCUT2D eigenvalue weighted by molar-refractivity contribution is 8.00. The molecule has 1 saturated heterocycles. The molecule has 0 radical (unpaired) electrons. The minimum atomic E-state index is -0.567. The van der Waals surface area contributed by atoms with Gasteiger partial charge in [-0.1, -0.05) is 13.8 Å². The molecule has 1 N–H and O–H groups in total. The summed E-state index contributed by atoms with van der Waals surface area (Å²) < 4.78 is 0. The molecule has 4 heteroatoms. The third-order valence-corrected chi connectivity index (χ3v) is 3.81. The van der Waals surface area contributed by atoms with Crippen LogP contribution < -0.4 is 0 Å². The summed E-state index contributed by atoms with van der Waals surface area (Å²) >= 11 is 1.68. The SMILES string of the molecule is CC(C)SCC(=O)N1CCC(C)(O)CC1. The summed E-state index contributed by atoms with van der Waals surface area (Å²) in [4.78, 5) is 13.6. The Kier molecular flexibility index (Phi) is 4.46. The summed E-state index contributed by atoms with van der Waals surface area (Å²) in [5.74, 6) is 0.781. The van der Waals surface area contributed by atoms with Crippen molar-refractivity contribution in [1.82, 2.24) is 4.90 Å². The van der Waals surface area contributed by atoms with Gasteiger partial charge in [-0.15, -0.1) is 11.8 Å². The number of aliphatic hydroxyl groups is 1. The summed E-state index contributed by atoms with van der Waals surface area (Å²) in [5.41, 5.74) is -0.567. The smallest absolute Gasteiger partial charge is 0.232 e. The number of hydrogen-bond donors (Lipinski definition) is 1. The Morgan fingerprint density at radius 1 is 1.47 bits per heavy atom. The zero-order valence-corrected chi connectivity index (χ0v) is 10.6. The highest BCUT2D eigenvalue weighted by atomic mass is 32.2. The van der Waals surface area contributed by atoms with Gasteiger partial charge < -0.3 is 10.0 Å². The number of piperidine rings is 1. The summed E-state index contributed by atoms with van der Waals surface area (Å²) in [5, 5.41) is 10.3. The Labute approximate surface area is 96.2 Å². The highest BCUT2D eigenvalue weighted by Gasteiger charge is 2.29. The first kappa shape index (κ1) is 12.8. The van der Waals surface area contributed by atoms with E-state index in [4.69, 9.17) is 0 Å². The first-order chi connectivity index (χ1) is 6.91. The van der Waals surface area contributed by atoms with Crippen LogP contribution in [0, 0.1) is 0 Å². The van der Waals surface area contributed by atoms with Crippen molar-refractivity contribution < 1.29 is 9.90 Å². The van der Waals surface area contributed by atoms with Crippen LogP contribution in [0.3, 0.4) is 0 Å². The second-order valence-electron chi connectivity index (χ2n) is 4.74. The zero-order chi connectivity index (χ0) is 11.5. The topological polar surface area (TPSA) is 40.5 Å². The van der Waals surface area contributed by atoms with Crippen LogP contribution in [0.25, 0.3) is 0 Å². The van der Waals surface area contributed by atoms with E-state index >= 15 is 0 Å². The predicted octanol–water partition coefficient (Wildman–Crippen LogP) is 1.50. The van der Waals surface area contributed by atoms with E-state index < -0.39 is 5.60 Å². The van der Waals surface area contributed by atoms with Crippen molar-refractivity contribution in [2.45, 2.75) is 44.5 Å². The molecule has 0 unspecified atom stereocenters. The molecule has 15 heavy (non-hydrogen) atoms. The van der Waals surface area contributed by atoms with E-state index in [1.165, 1.54) is 0 Å². The van der Waals surface area contributed by atoms with E-state index in [0.29, 0.717) is 36.9 Å². The molecule has 1 fully saturated rings. The van der Waals surface area contributed by atoms with Gasteiger partial charge in [-0.2, -0.15) is 0 Å². The summed E-state index contributed by atoms with van der Waals surface area (Å²) in [6.45, 7) is 7.44. The molecular weight excluding hydrogens is 210 g/mol. The molecule has 0 atom stereocenters. The lowest BCUT2D eigenvalue weighted by Gasteiger charge is -2.35. The Bertz CT molecular complexity index is 219. The molecule has 3 nitrogen and oxygen atoms in total. The summed E-state index contributed by atoms with van der Waals surface area (Å²) in [6, 6.07) is 0. The summed E-state index contributed by atoms with van der Waals surface area (Å²) in [6.07, 6.45) is 1.40. The number of carbonyl (C=O) groups is 1. The van der Waals surface area contributed by atoms with Crippen molar-refractivity contribution in [3.05, 3.63) is 0 Å². The van der Waals surface area contributed by atoms with E-state index in [1.54, 1.807) is 11.8 Å². The van der Waals surface area contributed by atoms with Crippen LogP contribution in [0.4, 0.5) is 0 Å². The van der Waals surface area contributed by atoms with Gasteiger partial charge in [0.05, 0.1) is 11.4 Å². The molecule has 1 aliphatic rings. The zero-order valence-electron chi connectivity index (χ0n) is 9.82. The maximum atomic E-state index is 11.7. The second kappa shape index (κ2) is 5.21. The van der Waals surface area contributed by atoms with Crippen molar-refractivity contribution in [3.8, 4) is 0 Å². The van der Waals surface area contributed by atoms with Gasteiger partial charge in [0.25, 0.3) is 0 Å². The average Bonchev–Trinajstić information content (AvgIpc) is 2.14. The van der Waals surface area contributed by atoms with Gasteiger partial charge in [-0.05, 0) is 25.0 Å². The molecule has 0 aromatic rings. The number of likely N-dealkylation sites (tertiary alicyclic amines) is 1. The maximum absolute atomic E-state index is 11.7. The fourth-order valence-corrected chi connectivity index (χ4v) is 2.23. The molecule has 0 aromatic heterocycles. The Morgan fingerprint density at radius 3 is 2.47 bits per heavy atom. The van der Waals surface area contributed by atoms with Gasteiger partial charge in [0, 0.05) is 13.1 Å². The molecule has 1 heterocycles. The van der Waals surface area contributed by atoms with E-state index in [1.807, 2.05) is 11.8 Å². The number of rotatable bonds is 3. The number of carbonyl (C=O) groups excluding carboxylic acids is 1. The van der Waals surface area contributed by atoms with Crippen LogP contribution in [0.5, 0.6) is 0 Å². The van der Waals surface area contributed by atoms with Gasteiger partial charge >= 0.3 is 0 Å². The van der Waals surface area contributed by atoms with Gasteiger partial charge in [-0.25, -0.2) is 0 Å². The van der Waals surface area contributed by atoms with Crippen molar-refractivity contribution in [2.24, 2.45) is 0 Å². The van der Waals surface area contributed by atoms with Gasteiger partial charge in [0.1, 0.15) is 0 Å². The molecule has 0 saturated carbocycles. The number of thioether (sulfide) groups is 1. The van der Waals surface area contributed by atoms with Gasteiger partial charge in [0.2, 0.25) is 5.91 Å². The maximum Gasteiger partial charge on any atom is 0.232 e. The average molecular weight is 231 g/mol. The fraction of sp³-hybridized carbons (Fsp3) is 0.909. The first-order valence-corrected chi connectivity index (χ1v) is 6.57. The second-order valence-corrected chi connectivity index (χ2v) is 6.30. The molecule has 0 aromatic carbocycles. The Morgan fingerprint density at radius 2 is 2.00 bits per heavy atom. The van der Waals surface area contributed by atoms with Crippen LogP contribution in [0.15, 0.2) is 0 Å². The number of nitrogens with zero attached hydrogens (tertiary/aromatic N) is 1. The lowest BCUT2D eigenvalue weighted by atomic mass is 9.94. The highest BCUT2D eigenvalue weighted by Crippen LogP contribution is 2.22. The van der Waals surface area contributed by atoms with E-state index in [9.17, 15) is 9.90 Å². The van der Waals surface area contributed by atoms with E-state index in [-0.39, 0.29) is 5.91 Å². The van der Waals surface area contributed by atoms with Crippen LogP contribution in [0.1, 0.15) is 33.6 Å². The number of amides is 1. The molecule has 1 rings (SSSR count). The first-order valence-electron chi connectivity index (χ1n) is 5.52.